The van der Waals surface area contributed by atoms with E-state index in [0.29, 0.717) is 56.3 Å². The maximum absolute atomic E-state index is 14.5. The average molecular weight is 749 g/mol. The summed E-state index contributed by atoms with van der Waals surface area (Å²) in [6.45, 7) is 25.1. The van der Waals surface area contributed by atoms with E-state index in [1.165, 1.54) is 0 Å². The molecular weight excluding hydrogens is 672 g/mol. The highest BCUT2D eigenvalue weighted by molar-refractivity contribution is 5.84. The molecule has 0 radical (unpaired) electrons. The molecular formula is C44H76O9. The molecule has 4 fully saturated rings. The first-order chi connectivity index (χ1) is 24.8. The van der Waals surface area contributed by atoms with Crippen LogP contribution in [0.1, 0.15) is 147 Å². The zero-order valence-corrected chi connectivity index (χ0v) is 35.2. The molecule has 0 bridgehead atoms. The monoisotopic (exact) mass is 749 g/mol. The zero-order chi connectivity index (χ0) is 39.3. The molecule has 9 nitrogen and oxygen atoms in total. The van der Waals surface area contributed by atoms with E-state index in [-0.39, 0.29) is 48.0 Å². The highest BCUT2D eigenvalue weighted by Crippen LogP contribution is 2.54. The van der Waals surface area contributed by atoms with Gasteiger partial charge in [-0.15, -0.1) is 0 Å². The van der Waals surface area contributed by atoms with Gasteiger partial charge >= 0.3 is 0 Å². The number of hydrogen-bond acceptors (Lipinski definition) is 9. The van der Waals surface area contributed by atoms with E-state index in [1.807, 2.05) is 40.7 Å². The second kappa shape index (κ2) is 16.5. The van der Waals surface area contributed by atoms with Gasteiger partial charge in [0.1, 0.15) is 11.9 Å². The minimum atomic E-state index is -1.33. The normalized spacial score (nSPS) is 46.4. The maximum atomic E-state index is 14.5. The van der Waals surface area contributed by atoms with E-state index < -0.39 is 52.9 Å². The molecule has 18 atom stereocenters. The molecule has 0 aromatic carbocycles. The average Bonchev–Trinajstić information content (AvgIpc) is 3.47. The molecule has 5 heterocycles. The molecule has 4 saturated heterocycles. The summed E-state index contributed by atoms with van der Waals surface area (Å²) in [7, 11) is 0. The highest BCUT2D eigenvalue weighted by atomic mass is 16.8. The Morgan fingerprint density at radius 1 is 0.887 bits per heavy atom. The molecule has 0 amide bonds. The molecule has 0 saturated carbocycles. The van der Waals surface area contributed by atoms with Gasteiger partial charge in [0, 0.05) is 30.1 Å². The first-order valence-corrected chi connectivity index (χ1v) is 21.5. The molecule has 0 aliphatic carbocycles. The summed E-state index contributed by atoms with van der Waals surface area (Å²) in [4.78, 5) is 14.5. The highest BCUT2D eigenvalue weighted by Gasteiger charge is 2.63. The predicted octanol–water partition coefficient (Wildman–Crippen LogP) is 7.76. The number of Topliss-reactive ketones (excluding diaryl/α,β-unsaturated/α-hetero) is 1. The molecule has 5 rings (SSSR count). The molecule has 5 aliphatic rings. The van der Waals surface area contributed by atoms with E-state index in [0.717, 1.165) is 25.7 Å². The first kappa shape index (κ1) is 43.2. The van der Waals surface area contributed by atoms with Gasteiger partial charge < -0.3 is 39.0 Å². The van der Waals surface area contributed by atoms with Gasteiger partial charge in [-0.1, -0.05) is 75.7 Å². The second-order valence-corrected chi connectivity index (χ2v) is 18.9. The van der Waals surface area contributed by atoms with Crippen molar-refractivity contribution in [1.29, 1.82) is 0 Å². The third kappa shape index (κ3) is 8.13. The van der Waals surface area contributed by atoms with Crippen molar-refractivity contribution in [2.75, 3.05) is 0 Å². The van der Waals surface area contributed by atoms with Crippen LogP contribution in [0.5, 0.6) is 0 Å². The van der Waals surface area contributed by atoms with Gasteiger partial charge in [0.15, 0.2) is 5.79 Å². The van der Waals surface area contributed by atoms with Gasteiger partial charge in [-0.3, -0.25) is 4.79 Å². The summed E-state index contributed by atoms with van der Waals surface area (Å²) in [5.41, 5.74) is -1.58. The molecule has 2 spiro atoms. The third-order valence-electron chi connectivity index (χ3n) is 15.0. The van der Waals surface area contributed by atoms with Crippen LogP contribution in [-0.2, 0) is 28.5 Å². The molecule has 53 heavy (non-hydrogen) atoms. The number of rotatable bonds is 12. The standard InChI is InChI=1S/C44H76O9/c1-13-32(25(4)5)34-17-16-26(6)39(50-34)30(10)37(46)29(9)38(47)33(14-2)40-27(7)24-28(8)43(51-40)21-18-35(45)44(53-43)23-22-41(12,52-44)36-19-20-42(48,15-3)31(11)49-36/h18,21,25-37,39-40,45-46,48H,13-17,19-20,22-24H2,1-12H3/t26-,27-,28+,29-,30-,31-,32+,33-,34+,35+,36+,37+,39+,40-,41-,42+,43-,44-/m0/s1. The molecule has 0 unspecified atom stereocenters. The van der Waals surface area contributed by atoms with Crippen LogP contribution in [0, 0.1) is 47.3 Å². The van der Waals surface area contributed by atoms with Crippen molar-refractivity contribution < 1.29 is 43.8 Å². The van der Waals surface area contributed by atoms with Gasteiger partial charge in [-0.25, -0.2) is 0 Å². The minimum Gasteiger partial charge on any atom is -0.392 e. The van der Waals surface area contributed by atoms with Crippen molar-refractivity contribution >= 4 is 5.78 Å². The fraction of sp³-hybridized carbons (Fsp3) is 0.932. The van der Waals surface area contributed by atoms with Crippen molar-refractivity contribution in [3.05, 3.63) is 12.2 Å². The Hall–Kier alpha value is -0.910. The van der Waals surface area contributed by atoms with Crippen molar-refractivity contribution in [2.24, 2.45) is 47.3 Å². The number of carbonyl (C=O) groups is 1. The predicted molar refractivity (Wildman–Crippen MR) is 206 cm³/mol. The number of ketones is 1. The lowest BCUT2D eigenvalue weighted by Crippen LogP contribution is -2.63. The molecule has 0 aromatic rings. The Morgan fingerprint density at radius 2 is 1.58 bits per heavy atom. The van der Waals surface area contributed by atoms with Gasteiger partial charge in [0.25, 0.3) is 0 Å². The van der Waals surface area contributed by atoms with E-state index in [2.05, 4.69) is 48.5 Å². The number of aliphatic hydroxyl groups is 3. The summed E-state index contributed by atoms with van der Waals surface area (Å²) in [5.74, 6) is -2.45. The van der Waals surface area contributed by atoms with E-state index >= 15 is 0 Å². The number of aliphatic hydroxyl groups excluding tert-OH is 2. The van der Waals surface area contributed by atoms with Crippen LogP contribution in [0.3, 0.4) is 0 Å². The van der Waals surface area contributed by atoms with Crippen LogP contribution in [-0.4, -0.2) is 86.6 Å². The van der Waals surface area contributed by atoms with Gasteiger partial charge in [-0.2, -0.15) is 0 Å². The fourth-order valence-electron chi connectivity index (χ4n) is 11.1. The summed E-state index contributed by atoms with van der Waals surface area (Å²) in [6, 6.07) is 0. The number of hydrogen-bond donors (Lipinski definition) is 3. The molecule has 5 aliphatic heterocycles. The van der Waals surface area contributed by atoms with Crippen LogP contribution < -0.4 is 0 Å². The molecule has 3 N–H and O–H groups in total. The Balaban J connectivity index is 1.31. The fourth-order valence-corrected chi connectivity index (χ4v) is 11.1. The lowest BCUT2D eigenvalue weighted by molar-refractivity contribution is -0.409. The van der Waals surface area contributed by atoms with Crippen LogP contribution in [0.4, 0.5) is 0 Å². The summed E-state index contributed by atoms with van der Waals surface area (Å²) < 4.78 is 34.0. The largest absolute Gasteiger partial charge is 0.392 e. The Morgan fingerprint density at radius 3 is 2.19 bits per heavy atom. The van der Waals surface area contributed by atoms with Crippen LogP contribution in [0.2, 0.25) is 0 Å². The van der Waals surface area contributed by atoms with Gasteiger partial charge in [-0.05, 0) is 101 Å². The van der Waals surface area contributed by atoms with Crippen LogP contribution in [0.15, 0.2) is 12.2 Å². The van der Waals surface area contributed by atoms with E-state index in [9.17, 15) is 20.1 Å². The minimum absolute atomic E-state index is 0.0110. The topological polar surface area (TPSA) is 124 Å². The molecule has 9 heteroatoms. The molecule has 306 valence electrons. The lowest BCUT2D eigenvalue weighted by atomic mass is 9.72. The van der Waals surface area contributed by atoms with E-state index in [1.54, 1.807) is 6.08 Å². The Labute approximate surface area is 321 Å². The Bertz CT molecular complexity index is 1270. The van der Waals surface area contributed by atoms with Crippen LogP contribution in [0.25, 0.3) is 0 Å². The molecule has 0 aromatic heterocycles. The SMILES string of the molecule is CC[C@H](C(C)C)[C@H]1CC[C@H](C)[C@H]([C@@H](C)[C@H](O)[C@H](C)C(=O)[C@H](CC)[C@H]2O[C@]3(C=C[C@@H](O)[C@]4(CC[C@@](C)([C@H]5CC[C@](O)(CC)[C@H](C)O5)O4)O3)[C@H](C)C[C@@H]2C)O1. The third-order valence-corrected chi connectivity index (χ3v) is 15.0. The maximum Gasteiger partial charge on any atom is 0.202 e. The summed E-state index contributed by atoms with van der Waals surface area (Å²) in [6.07, 6.45) is 8.22. The second-order valence-electron chi connectivity index (χ2n) is 18.9. The summed E-state index contributed by atoms with van der Waals surface area (Å²) in [5, 5.41) is 34.3. The number of carbonyl (C=O) groups excluding carboxylic acids is 1. The number of ether oxygens (including phenoxy) is 5. The Kier molecular flexibility index (Phi) is 13.5. The zero-order valence-electron chi connectivity index (χ0n) is 35.2. The van der Waals surface area contributed by atoms with Crippen molar-refractivity contribution in [3.63, 3.8) is 0 Å². The smallest absolute Gasteiger partial charge is 0.202 e. The van der Waals surface area contributed by atoms with E-state index in [4.69, 9.17) is 23.7 Å². The van der Waals surface area contributed by atoms with Crippen molar-refractivity contribution in [1.82, 2.24) is 0 Å². The van der Waals surface area contributed by atoms with Gasteiger partial charge in [0.05, 0.1) is 47.8 Å². The van der Waals surface area contributed by atoms with Crippen LogP contribution >= 0.6 is 0 Å². The lowest BCUT2D eigenvalue weighted by Gasteiger charge is -2.54. The van der Waals surface area contributed by atoms with Gasteiger partial charge in [0.2, 0.25) is 5.79 Å². The first-order valence-electron chi connectivity index (χ1n) is 21.5. The summed E-state index contributed by atoms with van der Waals surface area (Å²) >= 11 is 0. The van der Waals surface area contributed by atoms with Crippen molar-refractivity contribution in [2.45, 2.75) is 213 Å². The quantitative estimate of drug-likeness (QED) is 0.172. The van der Waals surface area contributed by atoms with Crippen molar-refractivity contribution in [3.8, 4) is 0 Å².